The first-order valence-corrected chi connectivity index (χ1v) is 20.1. The standard InChI is InChI=1S/C41H41N6O5PS/c1-28(2)38(48)44-40-43-37-36(39(45-40)50-25-30-21-19-29(3)20-22-30)42-27-47(37)35-24-46(23-34(52-35)26-51-53(49)54)41(31-13-7-4-8-14-31,32-15-9-5-10-16-32)33-17-11-6-12-18-33/h4-22,27-28,34-35H,23-26H2,1-3H3,(H-,43,44,45,48,49,54)/p+1/t34-,35+/m0/s1. The van der Waals surface area contributed by atoms with E-state index in [-0.39, 0.29) is 36.9 Å². The van der Waals surface area contributed by atoms with Gasteiger partial charge < -0.3 is 9.47 Å². The summed E-state index contributed by atoms with van der Waals surface area (Å²) in [6, 6.07) is 39.2. The molecule has 2 aromatic heterocycles. The monoisotopic (exact) mass is 761 g/mol. The first-order chi connectivity index (χ1) is 26.2. The third-order valence-corrected chi connectivity index (χ3v) is 10.2. The average molecular weight is 762 g/mol. The lowest BCUT2D eigenvalue weighted by atomic mass is 9.75. The van der Waals surface area contributed by atoms with E-state index in [1.165, 1.54) is 0 Å². The molecule has 1 amide bonds. The predicted molar refractivity (Wildman–Crippen MR) is 212 cm³/mol. The highest BCUT2D eigenvalue weighted by Crippen LogP contribution is 2.45. The van der Waals surface area contributed by atoms with E-state index in [1.54, 1.807) is 20.2 Å². The van der Waals surface area contributed by atoms with Gasteiger partial charge in [0.1, 0.15) is 37.8 Å². The number of anilines is 1. The lowest BCUT2D eigenvalue weighted by Gasteiger charge is -2.50. The Kier molecular flexibility index (Phi) is 11.5. The summed E-state index contributed by atoms with van der Waals surface area (Å²) in [6.45, 7) is 6.70. The number of ether oxygens (including phenoxy) is 2. The molecule has 1 unspecified atom stereocenters. The highest BCUT2D eigenvalue weighted by Gasteiger charge is 2.47. The van der Waals surface area contributed by atoms with Gasteiger partial charge in [-0.25, -0.2) is 4.98 Å². The number of aryl methyl sites for hydroxylation is 1. The van der Waals surface area contributed by atoms with Crippen molar-refractivity contribution in [3.8, 4) is 5.88 Å². The Morgan fingerprint density at radius 2 is 1.50 bits per heavy atom. The fourth-order valence-corrected chi connectivity index (χ4v) is 7.41. The molecular weight excluding hydrogens is 720 g/mol. The topological polar surface area (TPSA) is 121 Å². The first kappa shape index (κ1) is 37.3. The molecule has 54 heavy (non-hydrogen) atoms. The van der Waals surface area contributed by atoms with Crippen LogP contribution in [-0.2, 0) is 30.8 Å². The van der Waals surface area contributed by atoms with Crippen LogP contribution in [0, 0.1) is 12.8 Å². The molecular formula is C41H42N6O5PS+. The van der Waals surface area contributed by atoms with Crippen molar-refractivity contribution in [1.82, 2.24) is 24.4 Å². The van der Waals surface area contributed by atoms with Crippen LogP contribution >= 0.6 is 19.5 Å². The number of nitrogens with one attached hydrogen (secondary N) is 1. The summed E-state index contributed by atoms with van der Waals surface area (Å²) in [6.07, 6.45) is 0.452. The van der Waals surface area contributed by atoms with Gasteiger partial charge in [-0.05, 0) is 33.7 Å². The van der Waals surface area contributed by atoms with Crippen molar-refractivity contribution in [2.45, 2.75) is 45.2 Å². The number of morpholine rings is 1. The zero-order valence-corrected chi connectivity index (χ0v) is 32.1. The molecule has 6 aromatic rings. The predicted octanol–water partition coefficient (Wildman–Crippen LogP) is 8.10. The average Bonchev–Trinajstić information content (AvgIpc) is 3.62. The number of nitrogens with zero attached hydrogens (tertiary/aromatic N) is 5. The number of benzene rings is 4. The van der Waals surface area contributed by atoms with E-state index in [9.17, 15) is 9.36 Å². The Bertz CT molecular complexity index is 2110. The molecule has 0 saturated carbocycles. The van der Waals surface area contributed by atoms with Gasteiger partial charge in [0.15, 0.2) is 11.2 Å². The molecule has 7 rings (SSSR count). The van der Waals surface area contributed by atoms with Crippen LogP contribution in [0.2, 0.25) is 0 Å². The van der Waals surface area contributed by atoms with Crippen LogP contribution in [-0.4, -0.2) is 56.1 Å². The fraction of sp³-hybridized carbons (Fsp3) is 0.268. The van der Waals surface area contributed by atoms with Crippen LogP contribution in [0.4, 0.5) is 5.95 Å². The Labute approximate surface area is 320 Å². The second kappa shape index (κ2) is 16.6. The Hall–Kier alpha value is -4.97. The molecule has 276 valence electrons. The Morgan fingerprint density at radius 1 is 0.907 bits per heavy atom. The van der Waals surface area contributed by atoms with Gasteiger partial charge in [0.2, 0.25) is 17.7 Å². The molecule has 0 aliphatic carbocycles. The number of thiol groups is 1. The zero-order valence-electron chi connectivity index (χ0n) is 30.3. The van der Waals surface area contributed by atoms with E-state index in [0.29, 0.717) is 24.3 Å². The number of rotatable bonds is 13. The van der Waals surface area contributed by atoms with E-state index in [2.05, 4.69) is 63.8 Å². The molecule has 0 bridgehead atoms. The molecule has 0 spiro atoms. The molecule has 0 radical (unpaired) electrons. The van der Waals surface area contributed by atoms with Crippen molar-refractivity contribution >= 4 is 42.5 Å². The van der Waals surface area contributed by atoms with Gasteiger partial charge in [0, 0.05) is 19.0 Å². The molecule has 11 nitrogen and oxygen atoms in total. The molecule has 1 aliphatic heterocycles. The van der Waals surface area contributed by atoms with Crippen molar-refractivity contribution in [2.24, 2.45) is 5.92 Å². The highest BCUT2D eigenvalue weighted by molar-refractivity contribution is 8.39. The third kappa shape index (κ3) is 7.94. The number of hydrogen-bond donors (Lipinski definition) is 2. The first-order valence-electron chi connectivity index (χ1n) is 17.8. The fourth-order valence-electron chi connectivity index (χ4n) is 6.92. The van der Waals surface area contributed by atoms with Crippen LogP contribution in [0.5, 0.6) is 5.88 Å². The minimum absolute atomic E-state index is 0.0301. The summed E-state index contributed by atoms with van der Waals surface area (Å²) >= 11 is 4.03. The van der Waals surface area contributed by atoms with Crippen LogP contribution < -0.4 is 10.1 Å². The number of hydrogen-bond acceptors (Lipinski definition) is 9. The number of amides is 1. The molecule has 1 saturated heterocycles. The largest absolute Gasteiger partial charge is 0.582 e. The van der Waals surface area contributed by atoms with Crippen LogP contribution in [0.3, 0.4) is 0 Å². The highest BCUT2D eigenvalue weighted by atomic mass is 32.7. The summed E-state index contributed by atoms with van der Waals surface area (Å²) in [5.41, 5.74) is 5.33. The van der Waals surface area contributed by atoms with Crippen molar-refractivity contribution in [2.75, 3.05) is 25.0 Å². The van der Waals surface area contributed by atoms with E-state index in [0.717, 1.165) is 27.8 Å². The second-order valence-electron chi connectivity index (χ2n) is 13.6. The zero-order chi connectivity index (χ0) is 37.7. The summed E-state index contributed by atoms with van der Waals surface area (Å²) < 4.78 is 32.6. The lowest BCUT2D eigenvalue weighted by Crippen LogP contribution is -2.57. The van der Waals surface area contributed by atoms with E-state index in [4.69, 9.17) is 24.0 Å². The Balaban J connectivity index is 1.36. The van der Waals surface area contributed by atoms with Gasteiger partial charge in [-0.2, -0.15) is 9.97 Å². The molecule has 4 aromatic carbocycles. The number of fused-ring (bicyclic) bond motifs is 1. The van der Waals surface area contributed by atoms with Crippen molar-refractivity contribution in [3.05, 3.63) is 149 Å². The lowest BCUT2D eigenvalue weighted by molar-refractivity contribution is -0.144. The smallest absolute Gasteiger partial charge is 0.471 e. The van der Waals surface area contributed by atoms with Gasteiger partial charge in [-0.15, -0.1) is 4.52 Å². The quantitative estimate of drug-likeness (QED) is 0.0684. The van der Waals surface area contributed by atoms with E-state index < -0.39 is 25.1 Å². The minimum atomic E-state index is -2.19. The second-order valence-corrected chi connectivity index (χ2v) is 15.3. The normalized spacial score (nSPS) is 16.7. The summed E-state index contributed by atoms with van der Waals surface area (Å²) in [5, 5.41) is 2.84. The molecule has 1 N–H and O–H groups in total. The summed E-state index contributed by atoms with van der Waals surface area (Å²) in [4.78, 5) is 29.4. The van der Waals surface area contributed by atoms with Crippen molar-refractivity contribution in [3.63, 3.8) is 0 Å². The number of carbonyl (C=O) groups excluding carboxylic acids is 1. The summed E-state index contributed by atoms with van der Waals surface area (Å²) in [7, 11) is -2.19. The summed E-state index contributed by atoms with van der Waals surface area (Å²) in [5.74, 6) is -0.220. The van der Waals surface area contributed by atoms with E-state index in [1.807, 2.05) is 90.4 Å². The molecule has 3 heterocycles. The van der Waals surface area contributed by atoms with Crippen LogP contribution in [0.15, 0.2) is 122 Å². The van der Waals surface area contributed by atoms with Crippen LogP contribution in [0.1, 0.15) is 47.9 Å². The molecule has 1 aliphatic rings. The van der Waals surface area contributed by atoms with Crippen molar-refractivity contribution < 1.29 is 23.4 Å². The maximum Gasteiger partial charge on any atom is 0.582 e. The number of aromatic nitrogens is 4. The van der Waals surface area contributed by atoms with E-state index >= 15 is 0 Å². The van der Waals surface area contributed by atoms with Crippen LogP contribution in [0.25, 0.3) is 11.2 Å². The number of carbonyl (C=O) groups is 1. The van der Waals surface area contributed by atoms with Gasteiger partial charge in [0.05, 0.1) is 11.9 Å². The van der Waals surface area contributed by atoms with Gasteiger partial charge in [-0.1, -0.05) is 135 Å². The minimum Gasteiger partial charge on any atom is -0.471 e. The number of imidazole rings is 1. The van der Waals surface area contributed by atoms with Crippen molar-refractivity contribution in [1.29, 1.82) is 0 Å². The SMILES string of the molecule is Cc1ccc(COc2nc(NC(=O)C(C)C)nc3c2ncn3[C@H]2CN(C(c3ccccc3)(c3ccccc3)c3ccccc3)C[C@@H](CO[P+](=O)S)O2)cc1. The maximum absolute atomic E-state index is 12.9. The third-order valence-electron chi connectivity index (χ3n) is 9.53. The molecule has 13 heteroatoms. The van der Waals surface area contributed by atoms with Gasteiger partial charge in [-0.3, -0.25) is 19.6 Å². The maximum atomic E-state index is 12.9. The molecule has 1 fully saturated rings. The Morgan fingerprint density at radius 3 is 2.06 bits per heavy atom. The molecule has 3 atom stereocenters. The van der Waals surface area contributed by atoms with Gasteiger partial charge in [0.25, 0.3) is 0 Å². The van der Waals surface area contributed by atoms with Gasteiger partial charge >= 0.3 is 7.23 Å².